The molecule has 8 heteroatoms. The number of rotatable bonds is 6. The summed E-state index contributed by atoms with van der Waals surface area (Å²) in [5, 5.41) is 2.72. The predicted molar refractivity (Wildman–Crippen MR) is 116 cm³/mol. The molecule has 1 saturated heterocycles. The van der Waals surface area contributed by atoms with Crippen LogP contribution in [0, 0.1) is 0 Å². The molecule has 2 aromatic rings. The van der Waals surface area contributed by atoms with E-state index in [-0.39, 0.29) is 10.5 Å². The number of sulfone groups is 1. The number of piperidine rings is 1. The summed E-state index contributed by atoms with van der Waals surface area (Å²) in [6, 6.07) is 13.3. The van der Waals surface area contributed by atoms with Gasteiger partial charge in [0.05, 0.1) is 10.5 Å². The van der Waals surface area contributed by atoms with Crippen molar-refractivity contribution >= 4 is 33.1 Å². The fourth-order valence-electron chi connectivity index (χ4n) is 3.39. The van der Waals surface area contributed by atoms with Gasteiger partial charge in [-0.15, -0.1) is 0 Å². The van der Waals surface area contributed by atoms with Crippen molar-refractivity contribution in [1.29, 1.82) is 0 Å². The summed E-state index contributed by atoms with van der Waals surface area (Å²) in [6.07, 6.45) is 3.55. The Kier molecular flexibility index (Phi) is 6.77. The number of carbonyl (C=O) groups excluding carboxylic acids is 2. The average molecular weight is 431 g/mol. The van der Waals surface area contributed by atoms with E-state index >= 15 is 0 Å². The number of anilines is 2. The summed E-state index contributed by atoms with van der Waals surface area (Å²) in [4.78, 5) is 27.0. The van der Waals surface area contributed by atoms with E-state index in [4.69, 9.17) is 4.74 Å². The van der Waals surface area contributed by atoms with Gasteiger partial charge >= 0.3 is 5.97 Å². The molecule has 0 saturated carbocycles. The first kappa shape index (κ1) is 21.8. The number of hydrogen-bond acceptors (Lipinski definition) is 6. The quantitative estimate of drug-likeness (QED) is 0.707. The van der Waals surface area contributed by atoms with E-state index in [2.05, 4.69) is 10.2 Å². The first-order valence-electron chi connectivity index (χ1n) is 9.91. The standard InChI is InChI=1S/C22H26N2O5S/c1-16(29-22(26)19-8-4-5-9-20(19)30(2,27)28)21(25)23-17-10-12-18(13-11-17)24-14-6-3-7-15-24/h4-5,8-13,16H,3,6-7,14-15H2,1-2H3,(H,23,25)/t16-/m0/s1. The second kappa shape index (κ2) is 9.30. The Morgan fingerprint density at radius 3 is 2.27 bits per heavy atom. The van der Waals surface area contributed by atoms with Gasteiger partial charge in [-0.25, -0.2) is 13.2 Å². The number of ether oxygens (including phenoxy) is 1. The van der Waals surface area contributed by atoms with Gasteiger partial charge in [-0.3, -0.25) is 4.79 Å². The van der Waals surface area contributed by atoms with Gasteiger partial charge in [-0.05, 0) is 62.6 Å². The van der Waals surface area contributed by atoms with Gasteiger partial charge in [0.15, 0.2) is 15.9 Å². The average Bonchev–Trinajstić information content (AvgIpc) is 2.74. The Morgan fingerprint density at radius 1 is 1.00 bits per heavy atom. The Bertz CT molecular complexity index is 1010. The molecule has 1 atom stereocenters. The molecule has 1 heterocycles. The van der Waals surface area contributed by atoms with Crippen molar-refractivity contribution in [1.82, 2.24) is 0 Å². The number of esters is 1. The molecule has 7 nitrogen and oxygen atoms in total. The zero-order valence-corrected chi connectivity index (χ0v) is 17.9. The molecule has 0 radical (unpaired) electrons. The van der Waals surface area contributed by atoms with Crippen LogP contribution in [0.4, 0.5) is 11.4 Å². The highest BCUT2D eigenvalue weighted by atomic mass is 32.2. The molecule has 0 spiro atoms. The summed E-state index contributed by atoms with van der Waals surface area (Å²) in [6.45, 7) is 3.51. The third-order valence-corrected chi connectivity index (χ3v) is 6.17. The summed E-state index contributed by atoms with van der Waals surface area (Å²) < 4.78 is 28.9. The Labute approximate surface area is 177 Å². The minimum absolute atomic E-state index is 0.0921. The largest absolute Gasteiger partial charge is 0.449 e. The number of nitrogens with zero attached hydrogens (tertiary/aromatic N) is 1. The Morgan fingerprint density at radius 2 is 1.63 bits per heavy atom. The molecular weight excluding hydrogens is 404 g/mol. The zero-order valence-electron chi connectivity index (χ0n) is 17.1. The lowest BCUT2D eigenvalue weighted by Crippen LogP contribution is -2.30. The Balaban J connectivity index is 1.62. The van der Waals surface area contributed by atoms with Crippen molar-refractivity contribution in [2.45, 2.75) is 37.2 Å². The maximum absolute atomic E-state index is 12.4. The van der Waals surface area contributed by atoms with Crippen molar-refractivity contribution in [2.75, 3.05) is 29.6 Å². The second-order valence-electron chi connectivity index (χ2n) is 7.40. The van der Waals surface area contributed by atoms with Gasteiger partial charge in [0.2, 0.25) is 0 Å². The smallest absolute Gasteiger partial charge is 0.340 e. The lowest BCUT2D eigenvalue weighted by Gasteiger charge is -2.28. The van der Waals surface area contributed by atoms with Gasteiger partial charge in [0.25, 0.3) is 5.91 Å². The maximum atomic E-state index is 12.4. The van der Waals surface area contributed by atoms with Crippen molar-refractivity contribution in [2.24, 2.45) is 0 Å². The molecule has 0 bridgehead atoms. The van der Waals surface area contributed by atoms with Crippen LogP contribution in [-0.2, 0) is 19.4 Å². The van der Waals surface area contributed by atoms with E-state index in [0.29, 0.717) is 5.69 Å². The molecular formula is C22H26N2O5S. The monoisotopic (exact) mass is 430 g/mol. The zero-order chi connectivity index (χ0) is 21.7. The van der Waals surface area contributed by atoms with Crippen LogP contribution in [0.2, 0.25) is 0 Å². The van der Waals surface area contributed by atoms with Crippen molar-refractivity contribution < 1.29 is 22.7 Å². The van der Waals surface area contributed by atoms with E-state index in [0.717, 1.165) is 25.0 Å². The summed E-state index contributed by atoms with van der Waals surface area (Å²) in [7, 11) is -3.60. The first-order valence-corrected chi connectivity index (χ1v) is 11.8. The van der Waals surface area contributed by atoms with E-state index < -0.39 is 27.8 Å². The van der Waals surface area contributed by atoms with Gasteiger partial charge in [-0.1, -0.05) is 12.1 Å². The van der Waals surface area contributed by atoms with Gasteiger partial charge in [0, 0.05) is 30.7 Å². The lowest BCUT2D eigenvalue weighted by atomic mass is 10.1. The fraction of sp³-hybridized carbons (Fsp3) is 0.364. The summed E-state index contributed by atoms with van der Waals surface area (Å²) >= 11 is 0. The topological polar surface area (TPSA) is 92.8 Å². The molecule has 160 valence electrons. The summed E-state index contributed by atoms with van der Waals surface area (Å²) in [5.41, 5.74) is 1.62. The van der Waals surface area contributed by atoms with Crippen molar-refractivity contribution in [3.63, 3.8) is 0 Å². The summed E-state index contributed by atoms with van der Waals surface area (Å²) in [5.74, 6) is -1.36. The van der Waals surface area contributed by atoms with Crippen LogP contribution in [0.25, 0.3) is 0 Å². The van der Waals surface area contributed by atoms with Crippen LogP contribution in [0.5, 0.6) is 0 Å². The van der Waals surface area contributed by atoms with Crippen molar-refractivity contribution in [3.05, 3.63) is 54.1 Å². The first-order chi connectivity index (χ1) is 14.3. The normalized spacial score (nSPS) is 15.3. The number of amides is 1. The number of hydrogen-bond donors (Lipinski definition) is 1. The molecule has 0 aliphatic carbocycles. The minimum atomic E-state index is -3.60. The third-order valence-electron chi connectivity index (χ3n) is 5.02. The van der Waals surface area contributed by atoms with Crippen LogP contribution in [-0.4, -0.2) is 45.7 Å². The third kappa shape index (κ3) is 5.38. The predicted octanol–water partition coefficient (Wildman–Crippen LogP) is 3.26. The molecule has 1 N–H and O–H groups in total. The van der Waals surface area contributed by atoms with Gasteiger partial charge < -0.3 is 15.0 Å². The molecule has 1 amide bonds. The van der Waals surface area contributed by atoms with Crippen molar-refractivity contribution in [3.8, 4) is 0 Å². The van der Waals surface area contributed by atoms with Gasteiger partial charge in [0.1, 0.15) is 0 Å². The molecule has 0 unspecified atom stereocenters. The lowest BCUT2D eigenvalue weighted by molar-refractivity contribution is -0.123. The van der Waals surface area contributed by atoms with Crippen LogP contribution < -0.4 is 10.2 Å². The minimum Gasteiger partial charge on any atom is -0.449 e. The van der Waals surface area contributed by atoms with E-state index in [1.807, 2.05) is 24.3 Å². The number of nitrogens with one attached hydrogen (secondary N) is 1. The van der Waals surface area contributed by atoms with E-state index in [9.17, 15) is 18.0 Å². The highest BCUT2D eigenvalue weighted by Gasteiger charge is 2.24. The molecule has 1 aliphatic rings. The number of benzene rings is 2. The molecule has 30 heavy (non-hydrogen) atoms. The highest BCUT2D eigenvalue weighted by Crippen LogP contribution is 2.22. The fourth-order valence-corrected chi connectivity index (χ4v) is 4.26. The van der Waals surface area contributed by atoms with Crippen LogP contribution >= 0.6 is 0 Å². The molecule has 0 aromatic heterocycles. The van der Waals surface area contributed by atoms with Gasteiger partial charge in [-0.2, -0.15) is 0 Å². The second-order valence-corrected chi connectivity index (χ2v) is 9.38. The molecule has 2 aromatic carbocycles. The van der Waals surface area contributed by atoms with Crippen LogP contribution in [0.15, 0.2) is 53.4 Å². The van der Waals surface area contributed by atoms with E-state index in [1.165, 1.54) is 44.4 Å². The number of carbonyl (C=O) groups is 2. The SMILES string of the molecule is C[C@H](OC(=O)c1ccccc1S(C)(=O)=O)C(=O)Nc1ccc(N2CCCCC2)cc1. The highest BCUT2D eigenvalue weighted by molar-refractivity contribution is 7.90. The Hall–Kier alpha value is -2.87. The molecule has 1 fully saturated rings. The van der Waals surface area contributed by atoms with Crippen LogP contribution in [0.3, 0.4) is 0 Å². The van der Waals surface area contributed by atoms with Crippen LogP contribution in [0.1, 0.15) is 36.5 Å². The molecule has 1 aliphatic heterocycles. The molecule has 3 rings (SSSR count). The maximum Gasteiger partial charge on any atom is 0.340 e. The van der Waals surface area contributed by atoms with E-state index in [1.54, 1.807) is 6.07 Å².